The zero-order valence-corrected chi connectivity index (χ0v) is 11.0. The molecule has 5 nitrogen and oxygen atoms in total. The third kappa shape index (κ3) is 3.27. The maximum atomic E-state index is 4.07. The average molecular weight is 225 g/mol. The number of nitrogens with zero attached hydrogens (tertiary/aromatic N) is 4. The van der Waals surface area contributed by atoms with Gasteiger partial charge < -0.3 is 5.32 Å². The van der Waals surface area contributed by atoms with Crippen molar-refractivity contribution < 1.29 is 0 Å². The van der Waals surface area contributed by atoms with Crippen molar-refractivity contribution in [1.82, 2.24) is 25.5 Å². The fourth-order valence-electron chi connectivity index (χ4n) is 1.41. The molecule has 0 saturated carbocycles. The van der Waals surface area contributed by atoms with E-state index >= 15 is 0 Å². The van der Waals surface area contributed by atoms with Crippen molar-refractivity contribution in [3.05, 3.63) is 5.82 Å². The molecule has 0 bridgehead atoms. The average Bonchev–Trinajstić information content (AvgIpc) is 2.66. The summed E-state index contributed by atoms with van der Waals surface area (Å²) in [6.07, 6.45) is 1.01. The maximum Gasteiger partial charge on any atom is 0.165 e. The van der Waals surface area contributed by atoms with Gasteiger partial charge in [0.1, 0.15) is 0 Å². The Hall–Kier alpha value is -0.970. The molecule has 1 rings (SSSR count). The van der Waals surface area contributed by atoms with E-state index in [1.165, 1.54) is 0 Å². The molecule has 1 aromatic heterocycles. The summed E-state index contributed by atoms with van der Waals surface area (Å²) in [5.41, 5.74) is -0.0155. The van der Waals surface area contributed by atoms with E-state index in [2.05, 4.69) is 55.5 Å². The van der Waals surface area contributed by atoms with Crippen LogP contribution >= 0.6 is 0 Å². The molecular formula is C11H23N5. The van der Waals surface area contributed by atoms with Gasteiger partial charge in [-0.3, -0.25) is 0 Å². The quantitative estimate of drug-likeness (QED) is 0.798. The van der Waals surface area contributed by atoms with Gasteiger partial charge in [-0.1, -0.05) is 20.8 Å². The van der Waals surface area contributed by atoms with Crippen molar-refractivity contribution in [3.8, 4) is 0 Å². The van der Waals surface area contributed by atoms with Crippen LogP contribution in [0.3, 0.4) is 0 Å². The van der Waals surface area contributed by atoms with E-state index in [0.29, 0.717) is 5.92 Å². The second-order valence-electron chi connectivity index (χ2n) is 5.20. The molecule has 5 heteroatoms. The smallest absolute Gasteiger partial charge is 0.165 e. The van der Waals surface area contributed by atoms with E-state index in [0.717, 1.165) is 25.3 Å². The molecule has 16 heavy (non-hydrogen) atoms. The molecule has 1 aromatic rings. The lowest BCUT2D eigenvalue weighted by Crippen LogP contribution is -2.31. The standard InChI is InChI=1S/C11H23N5/c1-6-11(4,5)16-10(13-14-15-16)8-12-7-9(2)3/h9,12H,6-8H2,1-5H3. The first-order chi connectivity index (χ1) is 7.47. The molecule has 0 spiro atoms. The van der Waals surface area contributed by atoms with E-state index in [1.807, 2.05) is 4.68 Å². The van der Waals surface area contributed by atoms with Crippen LogP contribution in [0.1, 0.15) is 46.9 Å². The summed E-state index contributed by atoms with van der Waals surface area (Å²) < 4.78 is 1.92. The zero-order valence-electron chi connectivity index (χ0n) is 11.0. The minimum Gasteiger partial charge on any atom is -0.310 e. The van der Waals surface area contributed by atoms with Crippen LogP contribution in [0.5, 0.6) is 0 Å². The molecule has 0 aliphatic carbocycles. The third-order valence-electron chi connectivity index (χ3n) is 2.81. The summed E-state index contributed by atoms with van der Waals surface area (Å²) in [7, 11) is 0. The van der Waals surface area contributed by atoms with Crippen LogP contribution in [-0.2, 0) is 12.1 Å². The first kappa shape index (κ1) is 13.1. The van der Waals surface area contributed by atoms with Crippen LogP contribution in [0.15, 0.2) is 0 Å². The summed E-state index contributed by atoms with van der Waals surface area (Å²) in [6, 6.07) is 0. The van der Waals surface area contributed by atoms with E-state index in [1.54, 1.807) is 0 Å². The third-order valence-corrected chi connectivity index (χ3v) is 2.81. The monoisotopic (exact) mass is 225 g/mol. The number of hydrogen-bond acceptors (Lipinski definition) is 4. The molecule has 0 aliphatic rings. The van der Waals surface area contributed by atoms with Gasteiger partial charge in [0.25, 0.3) is 0 Å². The summed E-state index contributed by atoms with van der Waals surface area (Å²) in [5.74, 6) is 1.55. The molecule has 1 heterocycles. The van der Waals surface area contributed by atoms with Crippen LogP contribution in [0.4, 0.5) is 0 Å². The van der Waals surface area contributed by atoms with Crippen molar-refractivity contribution >= 4 is 0 Å². The second-order valence-corrected chi connectivity index (χ2v) is 5.20. The molecular weight excluding hydrogens is 202 g/mol. The Labute approximate surface area is 97.6 Å². The van der Waals surface area contributed by atoms with Gasteiger partial charge in [0.05, 0.1) is 12.1 Å². The number of tetrazole rings is 1. The van der Waals surface area contributed by atoms with Gasteiger partial charge in [0, 0.05) is 0 Å². The van der Waals surface area contributed by atoms with Gasteiger partial charge >= 0.3 is 0 Å². The van der Waals surface area contributed by atoms with Gasteiger partial charge in [-0.25, -0.2) is 4.68 Å². The van der Waals surface area contributed by atoms with Gasteiger partial charge in [-0.05, 0) is 43.2 Å². The topological polar surface area (TPSA) is 55.6 Å². The van der Waals surface area contributed by atoms with E-state index < -0.39 is 0 Å². The predicted octanol–water partition coefficient (Wildman–Crippen LogP) is 1.56. The highest BCUT2D eigenvalue weighted by Crippen LogP contribution is 2.18. The van der Waals surface area contributed by atoms with Crippen LogP contribution in [-0.4, -0.2) is 26.8 Å². The molecule has 0 amide bonds. The van der Waals surface area contributed by atoms with Crippen LogP contribution in [0, 0.1) is 5.92 Å². The molecule has 0 atom stereocenters. The highest BCUT2D eigenvalue weighted by atomic mass is 15.6. The number of aromatic nitrogens is 4. The van der Waals surface area contributed by atoms with Crippen LogP contribution in [0.2, 0.25) is 0 Å². The number of hydrogen-bond donors (Lipinski definition) is 1. The minimum atomic E-state index is -0.0155. The number of rotatable bonds is 6. The van der Waals surface area contributed by atoms with Crippen LogP contribution in [0.25, 0.3) is 0 Å². The van der Waals surface area contributed by atoms with E-state index in [9.17, 15) is 0 Å². The second kappa shape index (κ2) is 5.39. The van der Waals surface area contributed by atoms with Crippen molar-refractivity contribution in [2.24, 2.45) is 5.92 Å². The van der Waals surface area contributed by atoms with Crippen LogP contribution < -0.4 is 5.32 Å². The lowest BCUT2D eigenvalue weighted by Gasteiger charge is -2.24. The molecule has 0 aromatic carbocycles. The highest BCUT2D eigenvalue weighted by molar-refractivity contribution is 4.87. The largest absolute Gasteiger partial charge is 0.310 e. The Bertz CT molecular complexity index is 316. The van der Waals surface area contributed by atoms with E-state index in [-0.39, 0.29) is 5.54 Å². The van der Waals surface area contributed by atoms with Crippen molar-refractivity contribution in [2.45, 2.75) is 53.1 Å². The van der Waals surface area contributed by atoms with Gasteiger partial charge in [0.2, 0.25) is 0 Å². The molecule has 0 saturated heterocycles. The Morgan fingerprint density at radius 1 is 1.38 bits per heavy atom. The normalized spacial score (nSPS) is 12.4. The summed E-state index contributed by atoms with van der Waals surface area (Å²) in [4.78, 5) is 0. The number of nitrogens with one attached hydrogen (secondary N) is 1. The fourth-order valence-corrected chi connectivity index (χ4v) is 1.41. The molecule has 0 aliphatic heterocycles. The summed E-state index contributed by atoms with van der Waals surface area (Å²) in [5, 5.41) is 15.3. The Morgan fingerprint density at radius 3 is 2.62 bits per heavy atom. The van der Waals surface area contributed by atoms with Gasteiger partial charge in [-0.2, -0.15) is 0 Å². The minimum absolute atomic E-state index is 0.0155. The van der Waals surface area contributed by atoms with Crippen molar-refractivity contribution in [2.75, 3.05) is 6.54 Å². The van der Waals surface area contributed by atoms with Crippen molar-refractivity contribution in [3.63, 3.8) is 0 Å². The van der Waals surface area contributed by atoms with Crippen molar-refractivity contribution in [1.29, 1.82) is 0 Å². The van der Waals surface area contributed by atoms with Gasteiger partial charge in [-0.15, -0.1) is 5.10 Å². The SMILES string of the molecule is CCC(C)(C)n1nnnc1CNCC(C)C. The Kier molecular flexibility index (Phi) is 4.41. The van der Waals surface area contributed by atoms with E-state index in [4.69, 9.17) is 0 Å². The van der Waals surface area contributed by atoms with Gasteiger partial charge in [0.15, 0.2) is 5.82 Å². The Balaban J connectivity index is 2.64. The Morgan fingerprint density at radius 2 is 2.06 bits per heavy atom. The molecule has 92 valence electrons. The summed E-state index contributed by atoms with van der Waals surface area (Å²) >= 11 is 0. The summed E-state index contributed by atoms with van der Waals surface area (Å²) in [6.45, 7) is 12.5. The molecule has 0 unspecified atom stereocenters. The maximum absolute atomic E-state index is 4.07. The molecule has 0 radical (unpaired) electrons. The zero-order chi connectivity index (χ0) is 12.2. The predicted molar refractivity (Wildman–Crippen MR) is 64.0 cm³/mol. The fraction of sp³-hybridized carbons (Fsp3) is 0.909. The molecule has 0 fully saturated rings. The highest BCUT2D eigenvalue weighted by Gasteiger charge is 2.22. The molecule has 1 N–H and O–H groups in total. The first-order valence-electron chi connectivity index (χ1n) is 5.96. The lowest BCUT2D eigenvalue weighted by molar-refractivity contribution is 0.288. The first-order valence-corrected chi connectivity index (χ1v) is 5.96. The lowest BCUT2D eigenvalue weighted by atomic mass is 10.0.